The topological polar surface area (TPSA) is 13.1 Å². The maximum Gasteiger partial charge on any atom is 0.138 e. The fourth-order valence-corrected chi connectivity index (χ4v) is 1.95. The molecule has 0 aliphatic rings. The summed E-state index contributed by atoms with van der Waals surface area (Å²) in [5, 5.41) is 1.25. The second kappa shape index (κ2) is 3.13. The van der Waals surface area contributed by atoms with Crippen LogP contribution in [0.5, 0.6) is 0 Å². The van der Waals surface area contributed by atoms with Gasteiger partial charge in [-0.05, 0) is 24.8 Å². The van der Waals surface area contributed by atoms with Gasteiger partial charge >= 0.3 is 0 Å². The number of hydrogen-bond acceptors (Lipinski definition) is 1. The molecule has 0 amide bonds. The standard InChI is InChI=1S/C14H18O/c1-9-10(2)15-13-11(9)7-6-8-12(13)14(3,4)5/h6-8H,1-5H3. The lowest BCUT2D eigenvalue weighted by Gasteiger charge is -2.18. The Hall–Kier alpha value is -1.24. The third-order valence-electron chi connectivity index (χ3n) is 3.01. The van der Waals surface area contributed by atoms with Crippen LogP contribution in [0.3, 0.4) is 0 Å². The average molecular weight is 202 g/mol. The van der Waals surface area contributed by atoms with Crippen molar-refractivity contribution in [1.29, 1.82) is 0 Å². The molecule has 0 saturated carbocycles. The smallest absolute Gasteiger partial charge is 0.138 e. The molecule has 15 heavy (non-hydrogen) atoms. The highest BCUT2D eigenvalue weighted by Crippen LogP contribution is 2.33. The fraction of sp³-hybridized carbons (Fsp3) is 0.429. The highest BCUT2D eigenvalue weighted by atomic mass is 16.3. The minimum atomic E-state index is 0.135. The lowest BCUT2D eigenvalue weighted by Crippen LogP contribution is -2.10. The normalized spacial score (nSPS) is 12.3. The predicted molar refractivity (Wildman–Crippen MR) is 64.4 cm³/mol. The molecule has 1 nitrogen and oxygen atoms in total. The van der Waals surface area contributed by atoms with E-state index in [2.05, 4.69) is 45.9 Å². The number of aryl methyl sites for hydroxylation is 2. The van der Waals surface area contributed by atoms with E-state index in [1.165, 1.54) is 16.5 Å². The molecule has 1 aromatic carbocycles. The first kappa shape index (κ1) is 10.3. The van der Waals surface area contributed by atoms with E-state index in [4.69, 9.17) is 4.42 Å². The molecule has 0 fully saturated rings. The van der Waals surface area contributed by atoms with Gasteiger partial charge in [0.25, 0.3) is 0 Å². The van der Waals surface area contributed by atoms with Crippen molar-refractivity contribution in [3.63, 3.8) is 0 Å². The molecular weight excluding hydrogens is 184 g/mol. The van der Waals surface area contributed by atoms with Crippen molar-refractivity contribution in [1.82, 2.24) is 0 Å². The van der Waals surface area contributed by atoms with Gasteiger partial charge in [-0.25, -0.2) is 0 Å². The molecule has 0 bridgehead atoms. The highest BCUT2D eigenvalue weighted by Gasteiger charge is 2.20. The molecule has 0 spiro atoms. The van der Waals surface area contributed by atoms with Crippen LogP contribution in [0.1, 0.15) is 37.7 Å². The van der Waals surface area contributed by atoms with Crippen molar-refractivity contribution in [2.75, 3.05) is 0 Å². The van der Waals surface area contributed by atoms with Crippen LogP contribution in [0, 0.1) is 13.8 Å². The Morgan fingerprint density at radius 1 is 1.07 bits per heavy atom. The molecule has 0 aliphatic carbocycles. The van der Waals surface area contributed by atoms with Crippen LogP contribution in [0.4, 0.5) is 0 Å². The van der Waals surface area contributed by atoms with Crippen LogP contribution in [0.2, 0.25) is 0 Å². The Kier molecular flexibility index (Phi) is 2.14. The van der Waals surface area contributed by atoms with Crippen LogP contribution in [-0.2, 0) is 5.41 Å². The Morgan fingerprint density at radius 3 is 2.33 bits per heavy atom. The van der Waals surface area contributed by atoms with Crippen molar-refractivity contribution in [2.24, 2.45) is 0 Å². The molecule has 2 aromatic rings. The van der Waals surface area contributed by atoms with Gasteiger partial charge in [0.15, 0.2) is 0 Å². The molecule has 0 N–H and O–H groups in total. The van der Waals surface area contributed by atoms with E-state index in [0.29, 0.717) is 0 Å². The zero-order valence-electron chi connectivity index (χ0n) is 10.1. The van der Waals surface area contributed by atoms with E-state index in [1.807, 2.05) is 6.92 Å². The number of fused-ring (bicyclic) bond motifs is 1. The summed E-state index contributed by atoms with van der Waals surface area (Å²) in [5.74, 6) is 1.03. The molecule has 1 heteroatoms. The van der Waals surface area contributed by atoms with Gasteiger partial charge in [0, 0.05) is 10.9 Å². The number of rotatable bonds is 0. The number of para-hydroxylation sites is 1. The van der Waals surface area contributed by atoms with E-state index in [9.17, 15) is 0 Å². The second-order valence-corrected chi connectivity index (χ2v) is 5.22. The van der Waals surface area contributed by atoms with Gasteiger partial charge < -0.3 is 4.42 Å². The molecule has 0 atom stereocenters. The lowest BCUT2D eigenvalue weighted by atomic mass is 9.86. The summed E-state index contributed by atoms with van der Waals surface area (Å²) >= 11 is 0. The monoisotopic (exact) mass is 202 g/mol. The summed E-state index contributed by atoms with van der Waals surface area (Å²) < 4.78 is 5.86. The van der Waals surface area contributed by atoms with Crippen molar-refractivity contribution in [3.8, 4) is 0 Å². The van der Waals surface area contributed by atoms with Crippen molar-refractivity contribution >= 4 is 11.0 Å². The largest absolute Gasteiger partial charge is 0.461 e. The van der Waals surface area contributed by atoms with Crippen LogP contribution in [0.25, 0.3) is 11.0 Å². The number of hydrogen-bond donors (Lipinski definition) is 0. The van der Waals surface area contributed by atoms with E-state index in [-0.39, 0.29) is 5.41 Å². The summed E-state index contributed by atoms with van der Waals surface area (Å²) in [7, 11) is 0. The zero-order valence-corrected chi connectivity index (χ0v) is 10.1. The summed E-state index contributed by atoms with van der Waals surface area (Å²) in [6, 6.07) is 6.41. The van der Waals surface area contributed by atoms with Gasteiger partial charge in [-0.1, -0.05) is 39.0 Å². The summed E-state index contributed by atoms with van der Waals surface area (Å²) in [4.78, 5) is 0. The molecule has 0 saturated heterocycles. The minimum absolute atomic E-state index is 0.135. The third kappa shape index (κ3) is 1.56. The first-order valence-corrected chi connectivity index (χ1v) is 5.40. The van der Waals surface area contributed by atoms with Crippen LogP contribution in [0.15, 0.2) is 22.6 Å². The first-order chi connectivity index (χ1) is 6.91. The van der Waals surface area contributed by atoms with Gasteiger partial charge in [-0.2, -0.15) is 0 Å². The van der Waals surface area contributed by atoms with E-state index >= 15 is 0 Å². The summed E-state index contributed by atoms with van der Waals surface area (Å²) in [6.07, 6.45) is 0. The fourth-order valence-electron chi connectivity index (χ4n) is 1.95. The number of benzene rings is 1. The Labute approximate surface area is 91.1 Å². The minimum Gasteiger partial charge on any atom is -0.461 e. The molecule has 1 heterocycles. The van der Waals surface area contributed by atoms with Crippen molar-refractivity contribution in [2.45, 2.75) is 40.0 Å². The molecule has 1 aromatic heterocycles. The van der Waals surface area contributed by atoms with Gasteiger partial charge in [0.1, 0.15) is 11.3 Å². The zero-order chi connectivity index (χ0) is 11.2. The maximum atomic E-state index is 5.86. The van der Waals surface area contributed by atoms with Crippen molar-refractivity contribution in [3.05, 3.63) is 35.1 Å². The maximum absolute atomic E-state index is 5.86. The van der Waals surface area contributed by atoms with E-state index < -0.39 is 0 Å². The van der Waals surface area contributed by atoms with Gasteiger partial charge in [0.05, 0.1) is 0 Å². The number of furan rings is 1. The van der Waals surface area contributed by atoms with Gasteiger partial charge in [-0.3, -0.25) is 0 Å². The highest BCUT2D eigenvalue weighted by molar-refractivity contribution is 5.85. The van der Waals surface area contributed by atoms with E-state index in [1.54, 1.807) is 0 Å². The molecule has 0 radical (unpaired) electrons. The quantitative estimate of drug-likeness (QED) is 0.619. The first-order valence-electron chi connectivity index (χ1n) is 5.40. The van der Waals surface area contributed by atoms with Crippen LogP contribution < -0.4 is 0 Å². The molecule has 0 aliphatic heterocycles. The van der Waals surface area contributed by atoms with Gasteiger partial charge in [0.2, 0.25) is 0 Å². The Morgan fingerprint density at radius 2 is 1.73 bits per heavy atom. The lowest BCUT2D eigenvalue weighted by molar-refractivity contribution is 0.540. The van der Waals surface area contributed by atoms with Crippen molar-refractivity contribution < 1.29 is 4.42 Å². The molecular formula is C14H18O. The Balaban J connectivity index is 2.83. The third-order valence-corrected chi connectivity index (χ3v) is 3.01. The molecule has 80 valence electrons. The molecule has 0 unspecified atom stereocenters. The van der Waals surface area contributed by atoms with Crippen LogP contribution >= 0.6 is 0 Å². The SMILES string of the molecule is Cc1oc2c(C(C)(C)C)cccc2c1C. The second-order valence-electron chi connectivity index (χ2n) is 5.22. The Bertz CT molecular complexity index is 498. The summed E-state index contributed by atoms with van der Waals surface area (Å²) in [5.41, 5.74) is 3.74. The van der Waals surface area contributed by atoms with E-state index in [0.717, 1.165) is 11.3 Å². The average Bonchev–Trinajstić information content (AvgIpc) is 2.41. The predicted octanol–water partition coefficient (Wildman–Crippen LogP) is 4.35. The van der Waals surface area contributed by atoms with Crippen LogP contribution in [-0.4, -0.2) is 0 Å². The molecule has 2 rings (SSSR count). The summed E-state index contributed by atoms with van der Waals surface area (Å²) in [6.45, 7) is 10.8. The van der Waals surface area contributed by atoms with Gasteiger partial charge in [-0.15, -0.1) is 0 Å².